The largest absolute Gasteiger partial charge is 0.378 e. The molecule has 0 aliphatic carbocycles. The van der Waals surface area contributed by atoms with Gasteiger partial charge in [-0.25, -0.2) is 0 Å². The van der Waals surface area contributed by atoms with E-state index in [0.717, 1.165) is 49.4 Å². The molecule has 0 atom stereocenters. The van der Waals surface area contributed by atoms with Gasteiger partial charge in [-0.05, 0) is 0 Å². The van der Waals surface area contributed by atoms with Crippen molar-refractivity contribution in [2.45, 2.75) is 0 Å². The molecule has 8 rings (SSSR count). The summed E-state index contributed by atoms with van der Waals surface area (Å²) < 4.78 is 54.4. The van der Waals surface area contributed by atoms with Gasteiger partial charge in [0.05, 0.1) is 139 Å². The lowest BCUT2D eigenvalue weighted by molar-refractivity contribution is 0.0205. The fourth-order valence-corrected chi connectivity index (χ4v) is 29.4. The van der Waals surface area contributed by atoms with Crippen molar-refractivity contribution in [3.63, 3.8) is 0 Å². The molecule has 8 heterocycles. The van der Waals surface area contributed by atoms with E-state index in [0.29, 0.717) is 52.9 Å². The molecule has 0 spiro atoms. The molecular weight excluding hydrogens is 969 g/mol. The summed E-state index contributed by atoms with van der Waals surface area (Å²) in [5.74, 6) is 3.85. The van der Waals surface area contributed by atoms with Gasteiger partial charge in [0.2, 0.25) is 0 Å². The monoisotopic (exact) mass is 1000 g/mol. The third-order valence-electron chi connectivity index (χ3n) is 6.72. The van der Waals surface area contributed by atoms with Gasteiger partial charge in [0.1, 0.15) is 0 Å². The number of ether oxygens (including phenoxy) is 6. The van der Waals surface area contributed by atoms with Crippen LogP contribution < -0.4 is 0 Å². The van der Waals surface area contributed by atoms with Crippen LogP contribution in [0.4, 0.5) is 0 Å². The molecule has 0 aromatic rings. The van der Waals surface area contributed by atoms with E-state index in [2.05, 4.69) is 0 Å². The molecule has 0 unspecified atom stereocenters. The van der Waals surface area contributed by atoms with Crippen LogP contribution in [0, 0.1) is 0 Å². The minimum absolute atomic E-state index is 0.632. The molecule has 0 fully saturated rings. The highest BCUT2D eigenvalue weighted by Crippen LogP contribution is 2.76. The normalized spacial score (nSPS) is 27.2. The van der Waals surface area contributed by atoms with Gasteiger partial charge in [0.15, 0.2) is 0 Å². The molecule has 0 saturated heterocycles. The van der Waals surface area contributed by atoms with Crippen LogP contribution in [0.15, 0.2) is 59.3 Å². The maximum absolute atomic E-state index is 5.79. The minimum Gasteiger partial charge on any atom is -0.378 e. The van der Waals surface area contributed by atoms with Crippen molar-refractivity contribution >= 4 is 188 Å². The lowest BCUT2D eigenvalue weighted by Crippen LogP contribution is -2.11. The second-order valence-electron chi connectivity index (χ2n) is 10.3. The number of rotatable bonds is 0. The first-order chi connectivity index (χ1) is 25.8. The van der Waals surface area contributed by atoms with Gasteiger partial charge in [-0.2, -0.15) is 0 Å². The molecule has 52 heavy (non-hydrogen) atoms. The summed E-state index contributed by atoms with van der Waals surface area (Å²) in [7, 11) is 0. The molecule has 0 saturated carbocycles. The fourth-order valence-electron chi connectivity index (χ4n) is 4.43. The SMILES string of the molecule is C1COCCSC2=C(SCCOCCO1)SC(=C1SC3=C(S1)SC(=C1SC4=C(SC(=C5SC6=C(SCCOCCOCCOCCS6)S5)S4)S1)S3)S2. The average molecular weight is 1000 g/mol. The van der Waals surface area contributed by atoms with Gasteiger partial charge < -0.3 is 28.4 Å². The van der Waals surface area contributed by atoms with Crippen LogP contribution in [0.5, 0.6) is 0 Å². The van der Waals surface area contributed by atoms with E-state index in [1.165, 1.54) is 59.3 Å². The van der Waals surface area contributed by atoms with Gasteiger partial charge in [0, 0.05) is 23.0 Å². The van der Waals surface area contributed by atoms with Crippen LogP contribution >= 0.6 is 188 Å². The first-order valence-corrected chi connectivity index (χ1v) is 29.8. The van der Waals surface area contributed by atoms with Crippen molar-refractivity contribution < 1.29 is 28.4 Å². The standard InChI is InChI=1S/C30H32O6S16/c1-5-33-9-13-37-17-18(38-14-10-34-6-2-31-1)42-21(41-17)23-45-25-26(46-23)50-29(49-25)30-51-27-28(52-30)48-24(47-27)22-43-19-20(44-22)40-16-12-36-8-4-32-3-7-35-11-15-39-19/h1-16H2. The lowest BCUT2D eigenvalue weighted by atomic mass is 10.7. The summed E-state index contributed by atoms with van der Waals surface area (Å²) in [6.45, 7) is 8.08. The summed E-state index contributed by atoms with van der Waals surface area (Å²) in [5, 5.41) is 0. The van der Waals surface area contributed by atoms with Crippen LogP contribution in [-0.4, -0.2) is 102 Å². The van der Waals surface area contributed by atoms with E-state index in [9.17, 15) is 0 Å². The summed E-state index contributed by atoms with van der Waals surface area (Å²) in [6, 6.07) is 0. The first-order valence-electron chi connectivity index (χ1n) is 16.1. The van der Waals surface area contributed by atoms with Crippen LogP contribution in [-0.2, 0) is 28.4 Å². The van der Waals surface area contributed by atoms with Crippen molar-refractivity contribution in [1.82, 2.24) is 0 Å². The Morgan fingerprint density at radius 1 is 0.192 bits per heavy atom. The van der Waals surface area contributed by atoms with Crippen molar-refractivity contribution in [3.05, 3.63) is 59.3 Å². The Labute approximate surface area is 373 Å². The summed E-state index contributed by atoms with van der Waals surface area (Å²) in [5.41, 5.74) is 0. The van der Waals surface area contributed by atoms with Crippen molar-refractivity contribution in [3.8, 4) is 0 Å². The minimum atomic E-state index is 0.632. The van der Waals surface area contributed by atoms with E-state index in [1.807, 2.05) is 188 Å². The Kier molecular flexibility index (Phi) is 18.2. The zero-order valence-corrected chi connectivity index (χ0v) is 40.4. The van der Waals surface area contributed by atoms with Crippen molar-refractivity contribution in [1.29, 1.82) is 0 Å². The van der Waals surface area contributed by atoms with Gasteiger partial charge >= 0.3 is 0 Å². The van der Waals surface area contributed by atoms with Crippen LogP contribution in [0.2, 0.25) is 0 Å². The Morgan fingerprint density at radius 3 is 0.538 bits per heavy atom. The smallest absolute Gasteiger partial charge is 0.0718 e. The summed E-state index contributed by atoms with van der Waals surface area (Å²) in [4.78, 5) is 0. The predicted octanol–water partition coefficient (Wildman–Crippen LogP) is 12.8. The Hall–Kier alpha value is 3.54. The number of hydrogen-bond acceptors (Lipinski definition) is 22. The van der Waals surface area contributed by atoms with Crippen LogP contribution in [0.3, 0.4) is 0 Å². The predicted molar refractivity (Wildman–Crippen MR) is 255 cm³/mol. The second-order valence-corrected chi connectivity index (χ2v) is 30.6. The number of hydrogen-bond donors (Lipinski definition) is 0. The summed E-state index contributed by atoms with van der Waals surface area (Å²) >= 11 is 31.3. The summed E-state index contributed by atoms with van der Waals surface area (Å²) in [6.07, 6.45) is 0. The van der Waals surface area contributed by atoms with Gasteiger partial charge in [-0.3, -0.25) is 0 Å². The van der Waals surface area contributed by atoms with Crippen molar-refractivity contribution in [2.24, 2.45) is 0 Å². The molecule has 0 N–H and O–H groups in total. The molecule has 22 heteroatoms. The molecule has 0 aromatic carbocycles. The van der Waals surface area contributed by atoms with E-state index in [-0.39, 0.29) is 0 Å². The first kappa shape index (κ1) is 42.2. The second kappa shape index (κ2) is 22.4. The quantitative estimate of drug-likeness (QED) is 0.231. The molecule has 6 nitrogen and oxygen atoms in total. The molecule has 0 amide bonds. The average Bonchev–Trinajstić information content (AvgIpc) is 3.98. The van der Waals surface area contributed by atoms with Gasteiger partial charge in [0.25, 0.3) is 0 Å². The van der Waals surface area contributed by atoms with Gasteiger partial charge in [-0.1, -0.05) is 141 Å². The maximum Gasteiger partial charge on any atom is 0.0718 e. The topological polar surface area (TPSA) is 55.4 Å². The van der Waals surface area contributed by atoms with Gasteiger partial charge in [-0.15, -0.1) is 47.0 Å². The highest BCUT2D eigenvalue weighted by molar-refractivity contribution is 8.53. The Morgan fingerprint density at radius 2 is 0.346 bits per heavy atom. The van der Waals surface area contributed by atoms with E-state index >= 15 is 0 Å². The van der Waals surface area contributed by atoms with E-state index in [4.69, 9.17) is 28.4 Å². The third kappa shape index (κ3) is 11.9. The molecule has 0 aromatic heterocycles. The molecule has 8 aliphatic heterocycles. The zero-order valence-electron chi connectivity index (χ0n) is 27.3. The fraction of sp³-hybridized carbons (Fsp3) is 0.533. The Balaban J connectivity index is 0.830. The molecular formula is C30H32O6S16. The van der Waals surface area contributed by atoms with Crippen molar-refractivity contribution in [2.75, 3.05) is 102 Å². The highest BCUT2D eigenvalue weighted by atomic mass is 32.3. The van der Waals surface area contributed by atoms with E-state index in [1.54, 1.807) is 0 Å². The zero-order chi connectivity index (χ0) is 35.0. The third-order valence-corrected chi connectivity index (χ3v) is 30.5. The lowest BCUT2D eigenvalue weighted by Gasteiger charge is -2.09. The number of thioether (sulfide) groups is 16. The highest BCUT2D eigenvalue weighted by Gasteiger charge is 2.40. The Bertz CT molecular complexity index is 1370. The molecule has 0 bridgehead atoms. The molecule has 0 radical (unpaired) electrons. The molecule has 284 valence electrons. The molecule has 8 aliphatic rings. The van der Waals surface area contributed by atoms with Crippen LogP contribution in [0.25, 0.3) is 0 Å². The maximum atomic E-state index is 5.79. The van der Waals surface area contributed by atoms with E-state index < -0.39 is 0 Å². The van der Waals surface area contributed by atoms with Crippen LogP contribution in [0.1, 0.15) is 0 Å².